The molecule has 0 atom stereocenters. The van der Waals surface area contributed by atoms with E-state index in [0.29, 0.717) is 0 Å². The van der Waals surface area contributed by atoms with Crippen molar-refractivity contribution in [3.05, 3.63) is 41.8 Å². The summed E-state index contributed by atoms with van der Waals surface area (Å²) in [6.07, 6.45) is 0. The van der Waals surface area contributed by atoms with E-state index in [1.165, 1.54) is 11.6 Å². The molecule has 0 bridgehead atoms. The summed E-state index contributed by atoms with van der Waals surface area (Å²) in [4.78, 5) is 0. The van der Waals surface area contributed by atoms with Crippen molar-refractivity contribution in [2.24, 2.45) is 0 Å². The lowest BCUT2D eigenvalue weighted by Crippen LogP contribution is -2.22. The van der Waals surface area contributed by atoms with Crippen LogP contribution in [0.4, 0.5) is 0 Å². The SMILES string of the molecule is C[C](C[Si](C)(C)C)c1ccccc1. The van der Waals surface area contributed by atoms with E-state index in [0.717, 1.165) is 0 Å². The van der Waals surface area contributed by atoms with Gasteiger partial charge in [0.15, 0.2) is 0 Å². The third kappa shape index (κ3) is 3.77. The Morgan fingerprint density at radius 3 is 2.08 bits per heavy atom. The van der Waals surface area contributed by atoms with Crippen LogP contribution in [0, 0.1) is 5.92 Å². The molecule has 1 heteroatoms. The smallest absolute Gasteiger partial charge is 0.0451 e. The van der Waals surface area contributed by atoms with Gasteiger partial charge in [0.05, 0.1) is 0 Å². The Hall–Kier alpha value is -0.563. The van der Waals surface area contributed by atoms with Gasteiger partial charge in [-0.05, 0) is 17.5 Å². The predicted octanol–water partition coefficient (Wildman–Crippen LogP) is 3.97. The maximum Gasteiger partial charge on any atom is 0.0451 e. The van der Waals surface area contributed by atoms with Crippen LogP contribution in [0.5, 0.6) is 0 Å². The molecule has 1 rings (SSSR count). The second-order valence-electron chi connectivity index (χ2n) is 4.88. The van der Waals surface area contributed by atoms with Crippen molar-refractivity contribution in [1.29, 1.82) is 0 Å². The standard InChI is InChI=1S/C12H19Si/c1-11(10-13(2,3)4)12-8-6-5-7-9-12/h5-9H,10H2,1-4H3. The Morgan fingerprint density at radius 2 is 1.62 bits per heavy atom. The largest absolute Gasteiger partial charge is 0.0695 e. The van der Waals surface area contributed by atoms with E-state index >= 15 is 0 Å². The van der Waals surface area contributed by atoms with Gasteiger partial charge in [0.1, 0.15) is 0 Å². The molecule has 0 aliphatic carbocycles. The van der Waals surface area contributed by atoms with Crippen LogP contribution in [0.15, 0.2) is 30.3 Å². The zero-order chi connectivity index (χ0) is 9.90. The molecule has 1 aromatic carbocycles. The molecule has 0 N–H and O–H groups in total. The molecule has 0 saturated carbocycles. The average molecular weight is 191 g/mol. The van der Waals surface area contributed by atoms with E-state index in [9.17, 15) is 0 Å². The van der Waals surface area contributed by atoms with Crippen LogP contribution in [0.25, 0.3) is 0 Å². The lowest BCUT2D eigenvalue weighted by molar-refractivity contribution is 1.11. The molecule has 0 aliphatic rings. The Bertz CT molecular complexity index is 246. The molecule has 0 aliphatic heterocycles. The number of hydrogen-bond donors (Lipinski definition) is 0. The minimum atomic E-state index is -0.940. The van der Waals surface area contributed by atoms with E-state index in [1.54, 1.807) is 5.92 Å². The van der Waals surface area contributed by atoms with Gasteiger partial charge in [-0.3, -0.25) is 0 Å². The minimum absolute atomic E-state index is 0.940. The second kappa shape index (κ2) is 4.10. The average Bonchev–Trinajstić information content (AvgIpc) is 2.03. The first-order valence-electron chi connectivity index (χ1n) is 4.87. The highest BCUT2D eigenvalue weighted by Gasteiger charge is 2.18. The maximum absolute atomic E-state index is 2.42. The van der Waals surface area contributed by atoms with E-state index < -0.39 is 8.07 Å². The van der Waals surface area contributed by atoms with Crippen molar-refractivity contribution in [2.75, 3.05) is 0 Å². The molecular weight excluding hydrogens is 172 g/mol. The highest BCUT2D eigenvalue weighted by Crippen LogP contribution is 2.24. The summed E-state index contributed by atoms with van der Waals surface area (Å²) in [6, 6.07) is 12.0. The summed E-state index contributed by atoms with van der Waals surface area (Å²) in [5, 5.41) is 0. The van der Waals surface area contributed by atoms with Gasteiger partial charge in [-0.1, -0.05) is 56.9 Å². The van der Waals surface area contributed by atoms with Crippen LogP contribution >= 0.6 is 0 Å². The fourth-order valence-electron chi connectivity index (χ4n) is 1.62. The Kier molecular flexibility index (Phi) is 3.31. The van der Waals surface area contributed by atoms with E-state index in [-0.39, 0.29) is 0 Å². The Labute approximate surface area is 83.0 Å². The lowest BCUT2D eigenvalue weighted by atomic mass is 10.0. The normalized spacial score (nSPS) is 12.1. The molecule has 0 heterocycles. The van der Waals surface area contributed by atoms with Crippen LogP contribution in [0.2, 0.25) is 25.7 Å². The number of rotatable bonds is 3. The molecule has 0 spiro atoms. The van der Waals surface area contributed by atoms with Crippen LogP contribution in [0.3, 0.4) is 0 Å². The van der Waals surface area contributed by atoms with Gasteiger partial charge >= 0.3 is 0 Å². The van der Waals surface area contributed by atoms with Crippen molar-refractivity contribution in [1.82, 2.24) is 0 Å². The Balaban J connectivity index is 2.64. The second-order valence-corrected chi connectivity index (χ2v) is 10.4. The molecule has 0 saturated heterocycles. The summed E-state index contributed by atoms with van der Waals surface area (Å²) in [6.45, 7) is 9.51. The zero-order valence-electron chi connectivity index (χ0n) is 9.09. The molecule has 1 aromatic rings. The predicted molar refractivity (Wildman–Crippen MR) is 62.6 cm³/mol. The number of benzene rings is 1. The summed E-state index contributed by atoms with van der Waals surface area (Å²) < 4.78 is 0. The number of hydrogen-bond acceptors (Lipinski definition) is 0. The molecule has 0 unspecified atom stereocenters. The van der Waals surface area contributed by atoms with Crippen LogP contribution in [-0.2, 0) is 0 Å². The minimum Gasteiger partial charge on any atom is -0.0695 e. The van der Waals surface area contributed by atoms with E-state index in [4.69, 9.17) is 0 Å². The molecular formula is C12H19Si. The van der Waals surface area contributed by atoms with Gasteiger partial charge in [0.25, 0.3) is 0 Å². The molecule has 13 heavy (non-hydrogen) atoms. The quantitative estimate of drug-likeness (QED) is 0.634. The lowest BCUT2D eigenvalue weighted by Gasteiger charge is -2.21. The molecule has 0 nitrogen and oxygen atoms in total. The molecule has 71 valence electrons. The highest BCUT2D eigenvalue weighted by atomic mass is 28.3. The summed E-state index contributed by atoms with van der Waals surface area (Å²) >= 11 is 0. The third-order valence-corrected chi connectivity index (χ3v) is 3.65. The van der Waals surface area contributed by atoms with E-state index in [1.807, 2.05) is 0 Å². The topological polar surface area (TPSA) is 0 Å². The van der Waals surface area contributed by atoms with Crippen LogP contribution in [-0.4, -0.2) is 8.07 Å². The van der Waals surface area contributed by atoms with Gasteiger partial charge in [0, 0.05) is 8.07 Å². The van der Waals surface area contributed by atoms with Crippen molar-refractivity contribution in [3.63, 3.8) is 0 Å². The third-order valence-electron chi connectivity index (χ3n) is 2.06. The molecule has 0 fully saturated rings. The first kappa shape index (κ1) is 10.5. The maximum atomic E-state index is 2.42. The van der Waals surface area contributed by atoms with Crippen LogP contribution in [0.1, 0.15) is 12.5 Å². The van der Waals surface area contributed by atoms with Crippen molar-refractivity contribution >= 4 is 8.07 Å². The van der Waals surface area contributed by atoms with Gasteiger partial charge in [0.2, 0.25) is 0 Å². The van der Waals surface area contributed by atoms with Gasteiger partial charge in [-0.25, -0.2) is 0 Å². The Morgan fingerprint density at radius 1 is 1.08 bits per heavy atom. The summed E-state index contributed by atoms with van der Waals surface area (Å²) in [5.41, 5.74) is 1.41. The summed E-state index contributed by atoms with van der Waals surface area (Å²) in [7, 11) is -0.940. The molecule has 0 amide bonds. The molecule has 0 aromatic heterocycles. The van der Waals surface area contributed by atoms with Crippen molar-refractivity contribution < 1.29 is 0 Å². The van der Waals surface area contributed by atoms with Gasteiger partial charge in [-0.2, -0.15) is 0 Å². The van der Waals surface area contributed by atoms with Crippen molar-refractivity contribution in [2.45, 2.75) is 32.6 Å². The van der Waals surface area contributed by atoms with Crippen molar-refractivity contribution in [3.8, 4) is 0 Å². The first-order chi connectivity index (χ1) is 5.99. The molecule has 1 radical (unpaired) electrons. The summed E-state index contributed by atoms with van der Waals surface area (Å²) in [5.74, 6) is 1.54. The monoisotopic (exact) mass is 191 g/mol. The van der Waals surface area contributed by atoms with E-state index in [2.05, 4.69) is 56.9 Å². The van der Waals surface area contributed by atoms with Gasteiger partial charge in [-0.15, -0.1) is 0 Å². The highest BCUT2D eigenvalue weighted by molar-refractivity contribution is 6.76. The van der Waals surface area contributed by atoms with Gasteiger partial charge < -0.3 is 0 Å². The van der Waals surface area contributed by atoms with Crippen LogP contribution < -0.4 is 0 Å². The first-order valence-corrected chi connectivity index (χ1v) is 8.57. The fraction of sp³-hybridized carbons (Fsp3) is 0.417. The zero-order valence-corrected chi connectivity index (χ0v) is 10.1. The fourth-order valence-corrected chi connectivity index (χ4v) is 3.42.